The predicted molar refractivity (Wildman–Crippen MR) is 206 cm³/mol. The Labute approximate surface area is 341 Å². The Morgan fingerprint density at radius 3 is 1.02 bits per heavy atom. The SMILES string of the molecule is CCC(=O)NC(C)C(=O)NC(CC(N)=O)C(=O)O.COCCOCCOCCOCCOCCOCCOCCOCCOCCOCCOCCOCCC(N)=O. The van der Waals surface area contributed by atoms with Crippen molar-refractivity contribution >= 4 is 29.6 Å². The highest BCUT2D eigenvalue weighted by Gasteiger charge is 2.25. The first-order chi connectivity index (χ1) is 28.0. The van der Waals surface area contributed by atoms with E-state index in [1.165, 1.54) is 6.92 Å². The number of aliphatic carboxylic acids is 1. The van der Waals surface area contributed by atoms with Gasteiger partial charge in [-0.15, -0.1) is 0 Å². The van der Waals surface area contributed by atoms with Crippen molar-refractivity contribution < 1.29 is 85.9 Å². The summed E-state index contributed by atoms with van der Waals surface area (Å²) in [4.78, 5) is 54.5. The minimum atomic E-state index is -1.39. The van der Waals surface area contributed by atoms with Crippen LogP contribution in [0.1, 0.15) is 33.1 Å². The summed E-state index contributed by atoms with van der Waals surface area (Å²) in [5.41, 5.74) is 9.87. The number of primary amides is 2. The molecule has 0 aliphatic heterocycles. The van der Waals surface area contributed by atoms with Crippen LogP contribution in [0.25, 0.3) is 0 Å². The van der Waals surface area contributed by atoms with Crippen LogP contribution in [0.2, 0.25) is 0 Å². The number of nitrogens with two attached hydrogens (primary N) is 2. The summed E-state index contributed by atoms with van der Waals surface area (Å²) in [7, 11) is 1.64. The second-order valence-electron chi connectivity index (χ2n) is 11.7. The lowest BCUT2D eigenvalue weighted by molar-refractivity contribution is -0.143. The van der Waals surface area contributed by atoms with Gasteiger partial charge in [-0.3, -0.25) is 19.2 Å². The zero-order valence-corrected chi connectivity index (χ0v) is 34.6. The number of methoxy groups -OCH3 is 1. The van der Waals surface area contributed by atoms with Gasteiger partial charge in [-0.05, 0) is 6.92 Å². The van der Waals surface area contributed by atoms with E-state index in [1.807, 2.05) is 0 Å². The van der Waals surface area contributed by atoms with Crippen LogP contribution in [-0.4, -0.2) is 206 Å². The summed E-state index contributed by atoms with van der Waals surface area (Å²) in [5, 5.41) is 13.3. The molecular weight excluding hydrogens is 776 g/mol. The highest BCUT2D eigenvalue weighted by molar-refractivity contribution is 5.91. The van der Waals surface area contributed by atoms with E-state index in [2.05, 4.69) is 10.6 Å². The van der Waals surface area contributed by atoms with E-state index in [0.717, 1.165) is 0 Å². The summed E-state index contributed by atoms with van der Waals surface area (Å²) < 4.78 is 64.1. The van der Waals surface area contributed by atoms with Crippen molar-refractivity contribution in [3.63, 3.8) is 0 Å². The smallest absolute Gasteiger partial charge is 0.326 e. The van der Waals surface area contributed by atoms with Crippen molar-refractivity contribution in [3.8, 4) is 0 Å². The van der Waals surface area contributed by atoms with E-state index in [4.69, 9.17) is 73.4 Å². The maximum absolute atomic E-state index is 11.5. The Hall–Kier alpha value is -3.13. The normalized spacial score (nSPS) is 12.0. The van der Waals surface area contributed by atoms with Crippen LogP contribution in [0.4, 0.5) is 0 Å². The molecule has 342 valence electrons. The molecule has 0 bridgehead atoms. The maximum atomic E-state index is 11.5. The highest BCUT2D eigenvalue weighted by Crippen LogP contribution is 1.95. The van der Waals surface area contributed by atoms with Crippen molar-refractivity contribution in [3.05, 3.63) is 0 Å². The van der Waals surface area contributed by atoms with Gasteiger partial charge in [0, 0.05) is 20.0 Å². The zero-order valence-electron chi connectivity index (χ0n) is 34.6. The molecule has 2 unspecified atom stereocenters. The molecule has 0 rings (SSSR count). The lowest BCUT2D eigenvalue weighted by atomic mass is 10.2. The third-order valence-corrected chi connectivity index (χ3v) is 6.76. The molecule has 0 aromatic heterocycles. The number of hydrogen-bond acceptors (Lipinski definition) is 17. The molecule has 0 saturated heterocycles. The van der Waals surface area contributed by atoms with Crippen LogP contribution >= 0.6 is 0 Å². The number of carbonyl (C=O) groups is 5. The van der Waals surface area contributed by atoms with Gasteiger partial charge in [0.2, 0.25) is 23.6 Å². The van der Waals surface area contributed by atoms with Crippen LogP contribution in [-0.2, 0) is 80.8 Å². The first kappa shape index (κ1) is 57.0. The number of carbonyl (C=O) groups excluding carboxylic acids is 4. The Bertz CT molecular complexity index is 1000. The van der Waals surface area contributed by atoms with E-state index in [-0.39, 0.29) is 24.7 Å². The topological polar surface area (TPSA) is 292 Å². The number of nitrogens with one attached hydrogen (secondary N) is 2. The van der Waals surface area contributed by atoms with Crippen LogP contribution < -0.4 is 22.1 Å². The molecule has 0 aliphatic carbocycles. The Morgan fingerprint density at radius 2 is 0.776 bits per heavy atom. The summed E-state index contributed by atoms with van der Waals surface area (Å²) in [5.74, 6) is -3.60. The number of rotatable bonds is 43. The standard InChI is InChI=1S/C26H53NO13.C10H17N3O5/c1-29-4-5-31-8-9-33-12-13-35-16-17-37-20-21-39-24-25-40-23-22-38-19-18-36-15-14-34-11-10-32-7-6-30-3-2-26(27)28;1-3-8(15)12-5(2)9(16)13-6(10(17)18)4-7(11)14/h2-25H2,1H3,(H2,27,28);5-6H,3-4H2,1-2H3,(H2,11,14)(H,12,15)(H,13,16)(H,17,18). The van der Waals surface area contributed by atoms with Gasteiger partial charge in [-0.25, -0.2) is 4.79 Å². The number of carboxylic acids is 1. The van der Waals surface area contributed by atoms with Crippen LogP contribution in [0.5, 0.6) is 0 Å². The van der Waals surface area contributed by atoms with E-state index in [9.17, 15) is 24.0 Å². The Morgan fingerprint density at radius 1 is 0.483 bits per heavy atom. The molecule has 7 N–H and O–H groups in total. The Balaban J connectivity index is 0. The number of ether oxygens (including phenoxy) is 12. The number of carboxylic acid groups (broad SMARTS) is 1. The third kappa shape index (κ3) is 45.6. The van der Waals surface area contributed by atoms with E-state index in [0.29, 0.717) is 152 Å². The molecule has 0 aliphatic rings. The molecule has 4 amide bonds. The number of hydrogen-bond donors (Lipinski definition) is 5. The molecule has 0 radical (unpaired) electrons. The molecular formula is C36H70N4O18. The monoisotopic (exact) mass is 846 g/mol. The molecule has 0 heterocycles. The third-order valence-electron chi connectivity index (χ3n) is 6.76. The minimum absolute atomic E-state index is 0.210. The van der Waals surface area contributed by atoms with Gasteiger partial charge in [0.25, 0.3) is 0 Å². The van der Waals surface area contributed by atoms with Gasteiger partial charge in [0.15, 0.2) is 0 Å². The van der Waals surface area contributed by atoms with Crippen LogP contribution in [0, 0.1) is 0 Å². The summed E-state index contributed by atoms with van der Waals surface area (Å²) in [6.07, 6.45) is -0.0736. The number of amides is 4. The Kier molecular flexibility index (Phi) is 44.2. The average molecular weight is 847 g/mol. The average Bonchev–Trinajstić information content (AvgIpc) is 3.18. The van der Waals surface area contributed by atoms with Gasteiger partial charge in [0.05, 0.1) is 158 Å². The van der Waals surface area contributed by atoms with Gasteiger partial charge < -0.3 is 84.0 Å². The van der Waals surface area contributed by atoms with Crippen molar-refractivity contribution in [2.24, 2.45) is 11.5 Å². The first-order valence-electron chi connectivity index (χ1n) is 19.3. The summed E-state index contributed by atoms with van der Waals surface area (Å²) >= 11 is 0. The molecule has 22 nitrogen and oxygen atoms in total. The summed E-state index contributed by atoms with van der Waals surface area (Å²) in [6, 6.07) is -2.27. The molecule has 58 heavy (non-hydrogen) atoms. The summed E-state index contributed by atoms with van der Waals surface area (Å²) in [6.45, 7) is 14.5. The molecule has 0 aromatic carbocycles. The predicted octanol–water partition coefficient (Wildman–Crippen LogP) is -1.96. The minimum Gasteiger partial charge on any atom is -0.480 e. The maximum Gasteiger partial charge on any atom is 0.326 e. The molecule has 2 atom stereocenters. The van der Waals surface area contributed by atoms with Gasteiger partial charge in [0.1, 0.15) is 12.1 Å². The van der Waals surface area contributed by atoms with Crippen molar-refractivity contribution in [2.45, 2.75) is 45.2 Å². The fourth-order valence-corrected chi connectivity index (χ4v) is 3.72. The molecule has 22 heteroatoms. The zero-order chi connectivity index (χ0) is 43.3. The molecule has 0 aromatic rings. The molecule has 0 saturated carbocycles. The fraction of sp³-hybridized carbons (Fsp3) is 0.861. The lowest BCUT2D eigenvalue weighted by Crippen LogP contribution is -2.51. The van der Waals surface area contributed by atoms with Crippen LogP contribution in [0.15, 0.2) is 0 Å². The first-order valence-corrected chi connectivity index (χ1v) is 19.3. The quantitative estimate of drug-likeness (QED) is 0.0416. The van der Waals surface area contributed by atoms with E-state index < -0.39 is 36.3 Å². The molecule has 0 spiro atoms. The second kappa shape index (κ2) is 45.0. The van der Waals surface area contributed by atoms with Gasteiger partial charge in [-0.2, -0.15) is 0 Å². The van der Waals surface area contributed by atoms with Crippen LogP contribution in [0.3, 0.4) is 0 Å². The van der Waals surface area contributed by atoms with Crippen molar-refractivity contribution in [1.82, 2.24) is 10.6 Å². The lowest BCUT2D eigenvalue weighted by Gasteiger charge is -2.17. The van der Waals surface area contributed by atoms with Crippen molar-refractivity contribution in [2.75, 3.05) is 159 Å². The molecule has 0 fully saturated rings. The van der Waals surface area contributed by atoms with E-state index >= 15 is 0 Å². The van der Waals surface area contributed by atoms with Crippen molar-refractivity contribution in [1.29, 1.82) is 0 Å². The van der Waals surface area contributed by atoms with Gasteiger partial charge in [-0.1, -0.05) is 6.92 Å². The second-order valence-corrected chi connectivity index (χ2v) is 11.7. The highest BCUT2D eigenvalue weighted by atomic mass is 16.6. The largest absolute Gasteiger partial charge is 0.480 e. The van der Waals surface area contributed by atoms with E-state index in [1.54, 1.807) is 14.0 Å². The fourth-order valence-electron chi connectivity index (χ4n) is 3.72. The van der Waals surface area contributed by atoms with Gasteiger partial charge >= 0.3 is 5.97 Å².